The molecule has 18 heavy (non-hydrogen) atoms. The van der Waals surface area contributed by atoms with E-state index in [0.29, 0.717) is 21.8 Å². The first kappa shape index (κ1) is 14.4. The lowest BCUT2D eigenvalue weighted by Crippen LogP contribution is -2.47. The molecule has 1 N–H and O–H groups in total. The molecule has 1 aromatic carbocycles. The van der Waals surface area contributed by atoms with Crippen LogP contribution in [0.1, 0.15) is 26.2 Å². The van der Waals surface area contributed by atoms with E-state index in [2.05, 4.69) is 28.2 Å². The van der Waals surface area contributed by atoms with Gasteiger partial charge in [0, 0.05) is 16.6 Å². The molecule has 0 bridgehead atoms. The van der Waals surface area contributed by atoms with Gasteiger partial charge in [-0.05, 0) is 47.8 Å². The molecule has 0 aromatic heterocycles. The van der Waals surface area contributed by atoms with Gasteiger partial charge in [-0.3, -0.25) is 0 Å². The average Bonchev–Trinajstić information content (AvgIpc) is 2.28. The van der Waals surface area contributed by atoms with Crippen molar-refractivity contribution in [3.8, 4) is 5.75 Å². The minimum absolute atomic E-state index is 0.245. The summed E-state index contributed by atoms with van der Waals surface area (Å²) >= 11 is 15.5. The number of rotatable bonds is 5. The third-order valence-electron chi connectivity index (χ3n) is 3.05. The molecule has 1 aliphatic carbocycles. The van der Waals surface area contributed by atoms with Gasteiger partial charge in [0.25, 0.3) is 0 Å². The summed E-state index contributed by atoms with van der Waals surface area (Å²) in [6, 6.07) is 4.12. The van der Waals surface area contributed by atoms with Gasteiger partial charge in [0.15, 0.2) is 0 Å². The summed E-state index contributed by atoms with van der Waals surface area (Å²) in [7, 11) is 0. The summed E-state index contributed by atoms with van der Waals surface area (Å²) in [5.41, 5.74) is 0. The average molecular weight is 353 g/mol. The molecule has 5 heteroatoms. The Hall–Kier alpha value is 0.0400. The molecule has 0 spiro atoms. The van der Waals surface area contributed by atoms with Gasteiger partial charge in [-0.15, -0.1) is 0 Å². The summed E-state index contributed by atoms with van der Waals surface area (Å²) < 4.78 is 6.64. The van der Waals surface area contributed by atoms with Crippen LogP contribution < -0.4 is 10.1 Å². The maximum absolute atomic E-state index is 6.12. The zero-order chi connectivity index (χ0) is 13.1. The summed E-state index contributed by atoms with van der Waals surface area (Å²) in [6.07, 6.45) is 3.47. The molecule has 1 saturated carbocycles. The molecule has 1 aliphatic rings. The van der Waals surface area contributed by atoms with Crippen molar-refractivity contribution in [1.82, 2.24) is 5.32 Å². The van der Waals surface area contributed by atoms with Gasteiger partial charge < -0.3 is 10.1 Å². The highest BCUT2D eigenvalue weighted by atomic mass is 79.9. The van der Waals surface area contributed by atoms with E-state index in [1.54, 1.807) is 12.1 Å². The smallest absolute Gasteiger partial charge is 0.139 e. The second-order valence-electron chi connectivity index (χ2n) is 4.56. The summed E-state index contributed by atoms with van der Waals surface area (Å²) in [5.74, 6) is 0.670. The summed E-state index contributed by atoms with van der Waals surface area (Å²) in [5, 5.41) is 4.69. The van der Waals surface area contributed by atoms with Gasteiger partial charge >= 0.3 is 0 Å². The van der Waals surface area contributed by atoms with E-state index in [1.807, 2.05) is 0 Å². The van der Waals surface area contributed by atoms with Crippen LogP contribution in [0.15, 0.2) is 16.6 Å². The number of ether oxygens (including phenoxy) is 1. The van der Waals surface area contributed by atoms with Crippen LogP contribution in [-0.2, 0) is 0 Å². The predicted molar refractivity (Wildman–Crippen MR) is 79.9 cm³/mol. The number of benzene rings is 1. The quantitative estimate of drug-likeness (QED) is 0.778. The third kappa shape index (κ3) is 3.53. The van der Waals surface area contributed by atoms with Crippen molar-refractivity contribution < 1.29 is 4.74 Å². The summed E-state index contributed by atoms with van der Waals surface area (Å²) in [6.45, 7) is 3.24. The molecule has 1 aromatic rings. The molecule has 0 atom stereocenters. The Morgan fingerprint density at radius 1 is 1.33 bits per heavy atom. The van der Waals surface area contributed by atoms with E-state index in [4.69, 9.17) is 27.9 Å². The van der Waals surface area contributed by atoms with E-state index in [1.165, 1.54) is 0 Å². The number of nitrogens with one attached hydrogen (secondary N) is 1. The zero-order valence-corrected chi connectivity index (χ0v) is 13.3. The fraction of sp³-hybridized carbons (Fsp3) is 0.538. The van der Waals surface area contributed by atoms with Gasteiger partial charge in [-0.25, -0.2) is 0 Å². The Labute approximate surface area is 126 Å². The second-order valence-corrected chi connectivity index (χ2v) is 6.23. The highest BCUT2D eigenvalue weighted by Crippen LogP contribution is 2.36. The van der Waals surface area contributed by atoms with Gasteiger partial charge in [-0.2, -0.15) is 0 Å². The van der Waals surface area contributed by atoms with E-state index in [9.17, 15) is 0 Å². The summed E-state index contributed by atoms with van der Waals surface area (Å²) in [4.78, 5) is 0. The topological polar surface area (TPSA) is 21.3 Å². The van der Waals surface area contributed by atoms with Crippen molar-refractivity contribution in [3.05, 3.63) is 26.7 Å². The Morgan fingerprint density at radius 2 is 2.06 bits per heavy atom. The molecule has 1 fully saturated rings. The molecular weight excluding hydrogens is 337 g/mol. The molecule has 2 nitrogen and oxygen atoms in total. The van der Waals surface area contributed by atoms with Crippen LogP contribution >= 0.6 is 39.1 Å². The monoisotopic (exact) mass is 351 g/mol. The highest BCUT2D eigenvalue weighted by Gasteiger charge is 2.30. The van der Waals surface area contributed by atoms with E-state index >= 15 is 0 Å². The lowest BCUT2D eigenvalue weighted by atomic mass is 9.89. The lowest BCUT2D eigenvalue weighted by molar-refractivity contribution is 0.0853. The SMILES string of the molecule is CCCNC1CC(Oc2cc(Cl)c(Br)cc2Cl)C1. The largest absolute Gasteiger partial charge is 0.489 e. The molecule has 0 heterocycles. The first-order valence-electron chi connectivity index (χ1n) is 6.14. The van der Waals surface area contributed by atoms with Crippen molar-refractivity contribution in [1.29, 1.82) is 0 Å². The Balaban J connectivity index is 1.87. The Kier molecular flexibility index (Phi) is 5.19. The Morgan fingerprint density at radius 3 is 2.72 bits per heavy atom. The molecule has 0 unspecified atom stereocenters. The minimum Gasteiger partial charge on any atom is -0.489 e. The maximum atomic E-state index is 6.12. The van der Waals surface area contributed by atoms with Crippen LogP contribution in [0.3, 0.4) is 0 Å². The molecule has 100 valence electrons. The van der Waals surface area contributed by atoms with Crippen molar-refractivity contribution in [2.45, 2.75) is 38.3 Å². The van der Waals surface area contributed by atoms with Gasteiger partial charge in [0.2, 0.25) is 0 Å². The lowest BCUT2D eigenvalue weighted by Gasteiger charge is -2.36. The van der Waals surface area contributed by atoms with Crippen LogP contribution in [-0.4, -0.2) is 18.7 Å². The minimum atomic E-state index is 0.245. The van der Waals surface area contributed by atoms with Crippen LogP contribution in [0, 0.1) is 0 Å². The second kappa shape index (κ2) is 6.47. The molecule has 0 radical (unpaired) electrons. The first-order valence-corrected chi connectivity index (χ1v) is 7.69. The van der Waals surface area contributed by atoms with Crippen LogP contribution in [0.4, 0.5) is 0 Å². The maximum Gasteiger partial charge on any atom is 0.139 e. The van der Waals surface area contributed by atoms with Crippen molar-refractivity contribution in [2.24, 2.45) is 0 Å². The fourth-order valence-electron chi connectivity index (χ4n) is 1.95. The van der Waals surface area contributed by atoms with Crippen molar-refractivity contribution in [3.63, 3.8) is 0 Å². The number of hydrogen-bond donors (Lipinski definition) is 1. The highest BCUT2D eigenvalue weighted by molar-refractivity contribution is 9.10. The van der Waals surface area contributed by atoms with E-state index < -0.39 is 0 Å². The standard InChI is InChI=1S/C13H16BrCl2NO/c1-2-3-17-8-4-9(5-8)18-13-7-11(15)10(14)6-12(13)16/h6-9,17H,2-5H2,1H3. The Bertz CT molecular complexity index is 422. The molecule has 0 saturated heterocycles. The fourth-order valence-corrected chi connectivity index (χ4v) is 2.79. The van der Waals surface area contributed by atoms with E-state index in [-0.39, 0.29) is 6.10 Å². The van der Waals surface area contributed by atoms with Crippen molar-refractivity contribution >= 4 is 39.1 Å². The zero-order valence-electron chi connectivity index (χ0n) is 10.2. The molecule has 0 aliphatic heterocycles. The van der Waals surface area contributed by atoms with Crippen LogP contribution in [0.5, 0.6) is 5.75 Å². The van der Waals surface area contributed by atoms with Crippen molar-refractivity contribution in [2.75, 3.05) is 6.54 Å². The number of hydrogen-bond acceptors (Lipinski definition) is 2. The normalized spacial score (nSPS) is 22.7. The molecular formula is C13H16BrCl2NO. The molecule has 0 amide bonds. The van der Waals surface area contributed by atoms with Gasteiger partial charge in [0.05, 0.1) is 10.0 Å². The predicted octanol–water partition coefficient (Wildman–Crippen LogP) is 4.67. The van der Waals surface area contributed by atoms with E-state index in [0.717, 1.165) is 30.3 Å². The van der Waals surface area contributed by atoms with Crippen LogP contribution in [0.2, 0.25) is 10.0 Å². The number of halogens is 3. The van der Waals surface area contributed by atoms with Gasteiger partial charge in [-0.1, -0.05) is 30.1 Å². The van der Waals surface area contributed by atoms with Gasteiger partial charge in [0.1, 0.15) is 11.9 Å². The third-order valence-corrected chi connectivity index (χ3v) is 4.54. The first-order chi connectivity index (χ1) is 8.60. The molecule has 2 rings (SSSR count). The van der Waals surface area contributed by atoms with Crippen LogP contribution in [0.25, 0.3) is 0 Å².